The minimum Gasteiger partial charge on any atom is -0.494 e. The molecule has 0 spiro atoms. The van der Waals surface area contributed by atoms with Gasteiger partial charge in [0.25, 0.3) is 5.69 Å². The summed E-state index contributed by atoms with van der Waals surface area (Å²) in [4.78, 5) is 10.6. The summed E-state index contributed by atoms with van der Waals surface area (Å²) in [7, 11) is 4.65. The highest BCUT2D eigenvalue weighted by atomic mass is 16.6. The van der Waals surface area contributed by atoms with Gasteiger partial charge in [-0.2, -0.15) is 0 Å². The maximum Gasteiger partial charge on any atom is 0.276 e. The number of rotatable bonds is 7. The molecule has 1 N–H and O–H groups in total. The lowest BCUT2D eigenvalue weighted by Crippen LogP contribution is -2.04. The maximum atomic E-state index is 11.0. The van der Waals surface area contributed by atoms with Crippen LogP contribution in [0.1, 0.15) is 11.1 Å². The second-order valence-corrected chi connectivity index (χ2v) is 5.14. The maximum absolute atomic E-state index is 11.0. The van der Waals surface area contributed by atoms with Crippen molar-refractivity contribution in [3.8, 4) is 17.2 Å². The largest absolute Gasteiger partial charge is 0.494 e. The van der Waals surface area contributed by atoms with Crippen LogP contribution in [0.2, 0.25) is 0 Å². The number of nitrogens with one attached hydrogen (secondary N) is 1. The van der Waals surface area contributed by atoms with E-state index in [0.717, 1.165) is 5.56 Å². The van der Waals surface area contributed by atoms with Crippen LogP contribution in [-0.2, 0) is 6.54 Å². The first-order chi connectivity index (χ1) is 11.5. The Balaban J connectivity index is 2.23. The summed E-state index contributed by atoms with van der Waals surface area (Å²) in [6.07, 6.45) is 0. The van der Waals surface area contributed by atoms with Gasteiger partial charge in [0.05, 0.1) is 38.0 Å². The zero-order chi connectivity index (χ0) is 17.7. The van der Waals surface area contributed by atoms with Crippen molar-refractivity contribution in [1.29, 1.82) is 0 Å². The van der Waals surface area contributed by atoms with Crippen molar-refractivity contribution in [3.63, 3.8) is 0 Å². The highest BCUT2D eigenvalue weighted by Gasteiger charge is 2.16. The van der Waals surface area contributed by atoms with Crippen LogP contribution in [0.5, 0.6) is 17.2 Å². The molecule has 0 fully saturated rings. The van der Waals surface area contributed by atoms with E-state index in [1.807, 2.05) is 18.2 Å². The molecule has 24 heavy (non-hydrogen) atoms. The lowest BCUT2D eigenvalue weighted by atomic mass is 10.1. The Morgan fingerprint density at radius 2 is 1.67 bits per heavy atom. The molecule has 0 atom stereocenters. The number of benzene rings is 2. The van der Waals surface area contributed by atoms with Crippen molar-refractivity contribution in [3.05, 3.63) is 51.6 Å². The summed E-state index contributed by atoms with van der Waals surface area (Å²) < 4.78 is 15.7. The first-order valence-electron chi connectivity index (χ1n) is 7.28. The van der Waals surface area contributed by atoms with Crippen molar-refractivity contribution >= 4 is 11.4 Å². The summed E-state index contributed by atoms with van der Waals surface area (Å²) in [6, 6.07) is 8.74. The molecule has 7 nitrogen and oxygen atoms in total. The summed E-state index contributed by atoms with van der Waals surface area (Å²) in [5.41, 5.74) is 2.26. The zero-order valence-corrected chi connectivity index (χ0v) is 14.1. The van der Waals surface area contributed by atoms with Gasteiger partial charge in [0.1, 0.15) is 5.75 Å². The van der Waals surface area contributed by atoms with Crippen LogP contribution in [0, 0.1) is 17.0 Å². The van der Waals surface area contributed by atoms with Gasteiger partial charge in [0.2, 0.25) is 0 Å². The number of ether oxygens (including phenoxy) is 3. The summed E-state index contributed by atoms with van der Waals surface area (Å²) >= 11 is 0. The van der Waals surface area contributed by atoms with Crippen LogP contribution in [-0.4, -0.2) is 26.3 Å². The van der Waals surface area contributed by atoms with Gasteiger partial charge in [-0.25, -0.2) is 0 Å². The van der Waals surface area contributed by atoms with Gasteiger partial charge in [-0.3, -0.25) is 10.1 Å². The first kappa shape index (κ1) is 17.4. The Hall–Kier alpha value is -2.96. The average molecular weight is 332 g/mol. The molecule has 2 aromatic carbocycles. The number of anilines is 1. The fourth-order valence-electron chi connectivity index (χ4n) is 2.37. The number of methoxy groups -OCH3 is 3. The third kappa shape index (κ3) is 3.68. The van der Waals surface area contributed by atoms with Crippen LogP contribution >= 0.6 is 0 Å². The molecule has 7 heteroatoms. The van der Waals surface area contributed by atoms with Gasteiger partial charge in [-0.05, 0) is 30.7 Å². The van der Waals surface area contributed by atoms with Gasteiger partial charge in [0, 0.05) is 12.1 Å². The number of nitro groups is 1. The van der Waals surface area contributed by atoms with Crippen molar-refractivity contribution in [2.24, 2.45) is 0 Å². The van der Waals surface area contributed by atoms with Crippen molar-refractivity contribution in [1.82, 2.24) is 0 Å². The summed E-state index contributed by atoms with van der Waals surface area (Å²) in [5.74, 6) is 1.72. The molecule has 2 aromatic rings. The lowest BCUT2D eigenvalue weighted by molar-refractivity contribution is -0.385. The standard InChI is InChI=1S/C17H20N2O5/c1-11-7-13(16(23-3)9-14(11)19(20)21)18-10-12-5-6-15(22-2)17(8-12)24-4/h5-9,18H,10H2,1-4H3. The SMILES string of the molecule is COc1cc([N+](=O)[O-])c(C)cc1NCc1ccc(OC)c(OC)c1. The molecule has 0 heterocycles. The minimum absolute atomic E-state index is 0.0310. The minimum atomic E-state index is -0.421. The third-order valence-corrected chi connectivity index (χ3v) is 3.65. The molecule has 0 aliphatic carbocycles. The van der Waals surface area contributed by atoms with Crippen LogP contribution in [0.25, 0.3) is 0 Å². The van der Waals surface area contributed by atoms with Gasteiger partial charge >= 0.3 is 0 Å². The Labute approximate surface area is 140 Å². The first-order valence-corrected chi connectivity index (χ1v) is 7.28. The molecule has 2 rings (SSSR count). The van der Waals surface area contributed by atoms with Crippen LogP contribution < -0.4 is 19.5 Å². The Morgan fingerprint density at radius 1 is 1.00 bits per heavy atom. The van der Waals surface area contributed by atoms with Crippen LogP contribution in [0.4, 0.5) is 11.4 Å². The molecular weight excluding hydrogens is 312 g/mol. The molecule has 0 aliphatic rings. The highest BCUT2D eigenvalue weighted by Crippen LogP contribution is 2.33. The molecule has 0 saturated carbocycles. The predicted octanol–water partition coefficient (Wildman–Crippen LogP) is 3.54. The fraction of sp³-hybridized carbons (Fsp3) is 0.294. The Morgan fingerprint density at radius 3 is 2.25 bits per heavy atom. The van der Waals surface area contributed by atoms with Gasteiger partial charge in [-0.1, -0.05) is 6.07 Å². The normalized spacial score (nSPS) is 10.2. The van der Waals surface area contributed by atoms with E-state index in [1.165, 1.54) is 13.2 Å². The monoisotopic (exact) mass is 332 g/mol. The highest BCUT2D eigenvalue weighted by molar-refractivity contribution is 5.64. The molecule has 0 amide bonds. The molecule has 0 saturated heterocycles. The van der Waals surface area contributed by atoms with E-state index in [9.17, 15) is 10.1 Å². The summed E-state index contributed by atoms with van der Waals surface area (Å²) in [5, 5.41) is 14.2. The summed E-state index contributed by atoms with van der Waals surface area (Å²) in [6.45, 7) is 2.20. The van der Waals surface area contributed by atoms with Crippen molar-refractivity contribution in [2.45, 2.75) is 13.5 Å². The van der Waals surface area contributed by atoms with Crippen LogP contribution in [0.15, 0.2) is 30.3 Å². The van der Waals surface area contributed by atoms with Gasteiger partial charge in [0.15, 0.2) is 11.5 Å². The van der Waals surface area contributed by atoms with E-state index in [1.54, 1.807) is 27.2 Å². The van der Waals surface area contributed by atoms with E-state index in [0.29, 0.717) is 35.0 Å². The molecule has 128 valence electrons. The smallest absolute Gasteiger partial charge is 0.276 e. The topological polar surface area (TPSA) is 82.9 Å². The second-order valence-electron chi connectivity index (χ2n) is 5.14. The molecule has 0 bridgehead atoms. The molecule has 0 radical (unpaired) electrons. The quantitative estimate of drug-likeness (QED) is 0.617. The number of hydrogen-bond donors (Lipinski definition) is 1. The number of hydrogen-bond acceptors (Lipinski definition) is 6. The van der Waals surface area contributed by atoms with E-state index >= 15 is 0 Å². The van der Waals surface area contributed by atoms with E-state index in [4.69, 9.17) is 14.2 Å². The number of nitro benzene ring substituents is 1. The number of nitrogens with zero attached hydrogens (tertiary/aromatic N) is 1. The fourth-order valence-corrected chi connectivity index (χ4v) is 2.37. The second kappa shape index (κ2) is 7.54. The third-order valence-electron chi connectivity index (χ3n) is 3.65. The van der Waals surface area contributed by atoms with Crippen molar-refractivity contribution < 1.29 is 19.1 Å². The van der Waals surface area contributed by atoms with E-state index < -0.39 is 4.92 Å². The molecule has 0 aliphatic heterocycles. The molecular formula is C17H20N2O5. The van der Waals surface area contributed by atoms with E-state index in [-0.39, 0.29) is 5.69 Å². The molecule has 0 aromatic heterocycles. The number of aryl methyl sites for hydroxylation is 1. The molecule has 0 unspecified atom stereocenters. The van der Waals surface area contributed by atoms with Crippen LogP contribution in [0.3, 0.4) is 0 Å². The van der Waals surface area contributed by atoms with Crippen molar-refractivity contribution in [2.75, 3.05) is 26.6 Å². The Bertz CT molecular complexity index is 746. The van der Waals surface area contributed by atoms with Gasteiger partial charge < -0.3 is 19.5 Å². The Kier molecular flexibility index (Phi) is 5.47. The predicted molar refractivity (Wildman–Crippen MR) is 91.3 cm³/mol. The average Bonchev–Trinajstić information content (AvgIpc) is 2.59. The lowest BCUT2D eigenvalue weighted by Gasteiger charge is -2.14. The zero-order valence-electron chi connectivity index (χ0n) is 14.1. The van der Waals surface area contributed by atoms with Gasteiger partial charge in [-0.15, -0.1) is 0 Å². The van der Waals surface area contributed by atoms with E-state index in [2.05, 4.69) is 5.32 Å².